The van der Waals surface area contributed by atoms with E-state index < -0.39 is 0 Å². The Labute approximate surface area is 346 Å². The maximum Gasteiger partial charge on any atom is 0.0543 e. The molecule has 0 fully saturated rings. The predicted molar refractivity (Wildman–Crippen MR) is 250 cm³/mol. The van der Waals surface area contributed by atoms with E-state index in [1.54, 1.807) is 0 Å². The largest absolute Gasteiger partial charge is 0.309 e. The second-order valence-electron chi connectivity index (χ2n) is 15.7. The van der Waals surface area contributed by atoms with Gasteiger partial charge in [0.15, 0.2) is 0 Å². The number of para-hydroxylation sites is 1. The maximum atomic E-state index is 2.52. The molecule has 59 heavy (non-hydrogen) atoms. The molecule has 0 radical (unpaired) electrons. The van der Waals surface area contributed by atoms with Gasteiger partial charge in [-0.25, -0.2) is 0 Å². The lowest BCUT2D eigenvalue weighted by atomic mass is 9.74. The second kappa shape index (κ2) is 14.2. The van der Waals surface area contributed by atoms with Gasteiger partial charge in [0.05, 0.1) is 11.4 Å². The number of fused-ring (bicyclic) bond motifs is 6. The minimum Gasteiger partial charge on any atom is -0.309 e. The standard InChI is InChI=1S/C58H41N/c1-58(43-22-6-3-7-23-43)53-31-16-14-30-52(53)57-54(58)32-18-34-56(57)59(44-37-38-47-42(39-44)36-35-41-21-8-9-24-45(41)47)55-33-17-15-29-51(55)50-28-13-12-27-49(50)48-26-11-10-25-46(48)40-19-4-2-5-20-40/h2-39H,1H3. The molecule has 1 aliphatic rings. The van der Waals surface area contributed by atoms with Gasteiger partial charge in [-0.15, -0.1) is 0 Å². The van der Waals surface area contributed by atoms with Crippen molar-refractivity contribution in [2.75, 3.05) is 4.90 Å². The maximum absolute atomic E-state index is 2.52. The fraction of sp³-hybridized carbons (Fsp3) is 0.0345. The molecule has 10 aromatic rings. The van der Waals surface area contributed by atoms with Gasteiger partial charge in [-0.3, -0.25) is 0 Å². The summed E-state index contributed by atoms with van der Waals surface area (Å²) >= 11 is 0. The van der Waals surface area contributed by atoms with Crippen molar-refractivity contribution in [3.63, 3.8) is 0 Å². The molecule has 1 atom stereocenters. The average Bonchev–Trinajstić information content (AvgIpc) is 3.58. The van der Waals surface area contributed by atoms with Crippen LogP contribution in [0.3, 0.4) is 0 Å². The Hall–Kier alpha value is -7.48. The lowest BCUT2D eigenvalue weighted by Gasteiger charge is -2.32. The minimum atomic E-state index is -0.329. The molecule has 11 rings (SSSR count). The monoisotopic (exact) mass is 751 g/mol. The normalized spacial score (nSPS) is 14.3. The zero-order chi connectivity index (χ0) is 39.3. The minimum absolute atomic E-state index is 0.329. The van der Waals surface area contributed by atoms with E-state index in [0.29, 0.717) is 0 Å². The Morgan fingerprint density at radius 1 is 0.339 bits per heavy atom. The molecule has 1 nitrogen and oxygen atoms in total. The van der Waals surface area contributed by atoms with E-state index in [9.17, 15) is 0 Å². The van der Waals surface area contributed by atoms with Crippen LogP contribution < -0.4 is 4.90 Å². The van der Waals surface area contributed by atoms with E-state index >= 15 is 0 Å². The van der Waals surface area contributed by atoms with Crippen molar-refractivity contribution >= 4 is 38.6 Å². The Bertz CT molecular complexity index is 3180. The quantitative estimate of drug-likeness (QED) is 0.147. The summed E-state index contributed by atoms with van der Waals surface area (Å²) in [5.41, 5.74) is 16.7. The predicted octanol–water partition coefficient (Wildman–Crippen LogP) is 15.8. The van der Waals surface area contributed by atoms with Crippen molar-refractivity contribution in [3.05, 3.63) is 247 Å². The van der Waals surface area contributed by atoms with Crippen LogP contribution in [0.15, 0.2) is 231 Å². The van der Waals surface area contributed by atoms with Crippen LogP contribution in [0.2, 0.25) is 0 Å². The number of hydrogen-bond donors (Lipinski definition) is 0. The van der Waals surface area contributed by atoms with Crippen molar-refractivity contribution < 1.29 is 0 Å². The molecular formula is C58H41N. The van der Waals surface area contributed by atoms with Gasteiger partial charge in [0, 0.05) is 22.2 Å². The molecule has 1 heteroatoms. The van der Waals surface area contributed by atoms with Gasteiger partial charge in [-0.05, 0) is 103 Å². The molecule has 0 saturated carbocycles. The van der Waals surface area contributed by atoms with Crippen molar-refractivity contribution in [3.8, 4) is 44.5 Å². The summed E-state index contributed by atoms with van der Waals surface area (Å²) in [6, 6.07) is 84.6. The number of anilines is 3. The summed E-state index contributed by atoms with van der Waals surface area (Å²) < 4.78 is 0. The fourth-order valence-corrected chi connectivity index (χ4v) is 9.78. The van der Waals surface area contributed by atoms with Crippen LogP contribution in [0.5, 0.6) is 0 Å². The van der Waals surface area contributed by atoms with Crippen LogP contribution >= 0.6 is 0 Å². The van der Waals surface area contributed by atoms with E-state index in [2.05, 4.69) is 242 Å². The van der Waals surface area contributed by atoms with Crippen LogP contribution in [0, 0.1) is 0 Å². The van der Waals surface area contributed by atoms with Crippen LogP contribution in [0.4, 0.5) is 17.1 Å². The lowest BCUT2D eigenvalue weighted by Crippen LogP contribution is -2.22. The molecule has 0 aliphatic heterocycles. The van der Waals surface area contributed by atoms with Crippen molar-refractivity contribution in [1.29, 1.82) is 0 Å². The summed E-state index contributed by atoms with van der Waals surface area (Å²) in [6.45, 7) is 2.40. The number of hydrogen-bond acceptors (Lipinski definition) is 1. The topological polar surface area (TPSA) is 3.24 Å². The highest BCUT2D eigenvalue weighted by molar-refractivity contribution is 6.09. The molecule has 0 bridgehead atoms. The van der Waals surface area contributed by atoms with Crippen LogP contribution in [0.25, 0.3) is 66.1 Å². The van der Waals surface area contributed by atoms with Gasteiger partial charge in [0.2, 0.25) is 0 Å². The average molecular weight is 752 g/mol. The molecule has 0 amide bonds. The number of benzene rings is 10. The summed E-state index contributed by atoms with van der Waals surface area (Å²) in [5, 5.41) is 4.98. The Kier molecular flexibility index (Phi) is 8.34. The van der Waals surface area contributed by atoms with Crippen molar-refractivity contribution in [2.24, 2.45) is 0 Å². The molecule has 0 saturated heterocycles. The van der Waals surface area contributed by atoms with E-state index in [1.165, 1.54) is 82.7 Å². The van der Waals surface area contributed by atoms with Gasteiger partial charge in [0.1, 0.15) is 0 Å². The zero-order valence-corrected chi connectivity index (χ0v) is 32.9. The van der Waals surface area contributed by atoms with Gasteiger partial charge >= 0.3 is 0 Å². The summed E-state index contributed by atoms with van der Waals surface area (Å²) in [5.74, 6) is 0. The third-order valence-corrected chi connectivity index (χ3v) is 12.6. The summed E-state index contributed by atoms with van der Waals surface area (Å²) in [6.07, 6.45) is 0. The number of nitrogens with zero attached hydrogens (tertiary/aromatic N) is 1. The van der Waals surface area contributed by atoms with E-state index in [0.717, 1.165) is 17.1 Å². The molecule has 0 N–H and O–H groups in total. The Morgan fingerprint density at radius 3 is 1.64 bits per heavy atom. The van der Waals surface area contributed by atoms with E-state index in [4.69, 9.17) is 0 Å². The third-order valence-electron chi connectivity index (χ3n) is 12.6. The molecule has 1 unspecified atom stereocenters. The highest BCUT2D eigenvalue weighted by Gasteiger charge is 2.42. The van der Waals surface area contributed by atoms with E-state index in [-0.39, 0.29) is 5.41 Å². The second-order valence-corrected chi connectivity index (χ2v) is 15.7. The highest BCUT2D eigenvalue weighted by atomic mass is 15.1. The van der Waals surface area contributed by atoms with Crippen LogP contribution in [0.1, 0.15) is 23.6 Å². The zero-order valence-electron chi connectivity index (χ0n) is 32.9. The first-order chi connectivity index (χ1) is 29.2. The van der Waals surface area contributed by atoms with Crippen molar-refractivity contribution in [2.45, 2.75) is 12.3 Å². The van der Waals surface area contributed by atoms with Crippen LogP contribution in [-0.2, 0) is 5.41 Å². The first kappa shape index (κ1) is 34.7. The molecule has 10 aromatic carbocycles. The highest BCUT2D eigenvalue weighted by Crippen LogP contribution is 2.57. The molecule has 0 spiro atoms. The van der Waals surface area contributed by atoms with E-state index in [1.807, 2.05) is 0 Å². The molecule has 1 aliphatic carbocycles. The lowest BCUT2D eigenvalue weighted by molar-refractivity contribution is 0.714. The van der Waals surface area contributed by atoms with Gasteiger partial charge in [-0.1, -0.05) is 206 Å². The molecular weight excluding hydrogens is 711 g/mol. The van der Waals surface area contributed by atoms with Gasteiger partial charge < -0.3 is 4.90 Å². The Balaban J connectivity index is 1.19. The molecule has 278 valence electrons. The van der Waals surface area contributed by atoms with Crippen LogP contribution in [-0.4, -0.2) is 0 Å². The Morgan fingerprint density at radius 2 is 0.864 bits per heavy atom. The smallest absolute Gasteiger partial charge is 0.0543 e. The first-order valence-electron chi connectivity index (χ1n) is 20.5. The number of rotatable bonds is 7. The SMILES string of the molecule is CC1(c2ccccc2)c2ccccc2-c2c(N(c3ccc4c(ccc5ccccc54)c3)c3ccccc3-c3ccccc3-c3ccccc3-c3ccccc3)cccc21. The van der Waals surface area contributed by atoms with Crippen molar-refractivity contribution in [1.82, 2.24) is 0 Å². The fourth-order valence-electron chi connectivity index (χ4n) is 9.78. The summed E-state index contributed by atoms with van der Waals surface area (Å²) in [4.78, 5) is 2.52. The molecule has 0 heterocycles. The van der Waals surface area contributed by atoms with Gasteiger partial charge in [0.25, 0.3) is 0 Å². The first-order valence-corrected chi connectivity index (χ1v) is 20.5. The third kappa shape index (κ3) is 5.62. The van der Waals surface area contributed by atoms with Gasteiger partial charge in [-0.2, -0.15) is 0 Å². The summed E-state index contributed by atoms with van der Waals surface area (Å²) in [7, 11) is 0. The molecule has 0 aromatic heterocycles.